The van der Waals surface area contributed by atoms with Gasteiger partial charge < -0.3 is 15.5 Å². The van der Waals surface area contributed by atoms with Gasteiger partial charge in [-0.15, -0.1) is 0 Å². The van der Waals surface area contributed by atoms with Crippen molar-refractivity contribution >= 4 is 5.96 Å². The van der Waals surface area contributed by atoms with Gasteiger partial charge in [0.15, 0.2) is 5.96 Å². The number of nitrogens with zero attached hydrogens (tertiary/aromatic N) is 2. The number of aliphatic imine (C=N–C) groups is 1. The fraction of sp³-hybridized carbons (Fsp3) is 0.375. The molecule has 1 aliphatic rings. The van der Waals surface area contributed by atoms with Crippen molar-refractivity contribution in [3.05, 3.63) is 42.3 Å². The molecule has 1 aromatic heterocycles. The molecule has 0 unspecified atom stereocenters. The Hall–Kier alpha value is -2.30. The van der Waals surface area contributed by atoms with Gasteiger partial charge in [-0.2, -0.15) is 0 Å². The van der Waals surface area contributed by atoms with E-state index < -0.39 is 0 Å². The fourth-order valence-corrected chi connectivity index (χ4v) is 2.58. The zero-order valence-corrected chi connectivity index (χ0v) is 12.0. The summed E-state index contributed by atoms with van der Waals surface area (Å²) in [5, 5.41) is 3.26. The molecule has 1 fully saturated rings. The van der Waals surface area contributed by atoms with Crippen LogP contribution in [-0.4, -0.2) is 17.0 Å². The second-order valence-corrected chi connectivity index (χ2v) is 5.34. The predicted octanol–water partition coefficient (Wildman–Crippen LogP) is 2.69. The molecule has 0 atom stereocenters. The number of hydrogen-bond acceptors (Lipinski definition) is 3. The third-order valence-corrected chi connectivity index (χ3v) is 3.69. The lowest BCUT2D eigenvalue weighted by Gasteiger charge is -2.11. The topological polar surface area (TPSA) is 76.4 Å². The largest absolute Gasteiger partial charge is 0.444 e. The van der Waals surface area contributed by atoms with E-state index in [9.17, 15) is 0 Å². The highest BCUT2D eigenvalue weighted by molar-refractivity contribution is 5.78. The summed E-state index contributed by atoms with van der Waals surface area (Å²) in [4.78, 5) is 8.75. The highest BCUT2D eigenvalue weighted by Gasteiger charge is 2.14. The number of oxazole rings is 1. The Balaban J connectivity index is 1.59. The second-order valence-electron chi connectivity index (χ2n) is 5.34. The lowest BCUT2D eigenvalue weighted by Crippen LogP contribution is -2.38. The van der Waals surface area contributed by atoms with Crippen LogP contribution in [0.1, 0.15) is 31.4 Å². The molecule has 3 rings (SSSR count). The third-order valence-electron chi connectivity index (χ3n) is 3.69. The molecule has 3 N–H and O–H groups in total. The number of nitrogens with one attached hydrogen (secondary N) is 1. The molecule has 5 heteroatoms. The quantitative estimate of drug-likeness (QED) is 0.668. The summed E-state index contributed by atoms with van der Waals surface area (Å²) < 4.78 is 5.47. The van der Waals surface area contributed by atoms with E-state index in [1.807, 2.05) is 30.3 Å². The van der Waals surface area contributed by atoms with Gasteiger partial charge in [-0.05, 0) is 25.0 Å². The normalized spacial score (nSPS) is 16.3. The number of benzene rings is 1. The average Bonchev–Trinajstić information content (AvgIpc) is 3.17. The standard InChI is InChI=1S/C16H20N4O/c17-16(20-13-8-4-5-9-13)18-10-14-11-21-15(19-14)12-6-2-1-3-7-12/h1-3,6-7,11,13H,4-5,8-10H2,(H3,17,18,20). The van der Waals surface area contributed by atoms with Crippen molar-refractivity contribution in [2.24, 2.45) is 10.7 Å². The van der Waals surface area contributed by atoms with E-state index in [4.69, 9.17) is 10.2 Å². The van der Waals surface area contributed by atoms with Crippen LogP contribution in [0.25, 0.3) is 11.5 Å². The molecule has 1 aromatic carbocycles. The Kier molecular flexibility index (Phi) is 4.19. The molecule has 0 amide bonds. The van der Waals surface area contributed by atoms with Crippen molar-refractivity contribution in [1.29, 1.82) is 0 Å². The van der Waals surface area contributed by atoms with Gasteiger partial charge in [0.1, 0.15) is 12.0 Å². The number of guanidine groups is 1. The van der Waals surface area contributed by atoms with Gasteiger partial charge >= 0.3 is 0 Å². The van der Waals surface area contributed by atoms with Gasteiger partial charge in [0.25, 0.3) is 0 Å². The molecule has 1 aliphatic carbocycles. The van der Waals surface area contributed by atoms with E-state index in [1.165, 1.54) is 25.7 Å². The SMILES string of the molecule is NC(=NCc1coc(-c2ccccc2)n1)NC1CCCC1. The Labute approximate surface area is 124 Å². The Bertz CT molecular complexity index is 600. The summed E-state index contributed by atoms with van der Waals surface area (Å²) in [6.45, 7) is 0.432. The molecular formula is C16H20N4O. The number of aromatic nitrogens is 1. The van der Waals surface area contributed by atoms with Crippen LogP contribution in [0.2, 0.25) is 0 Å². The summed E-state index contributed by atoms with van der Waals surface area (Å²) in [5.74, 6) is 1.11. The smallest absolute Gasteiger partial charge is 0.226 e. The number of nitrogens with two attached hydrogens (primary N) is 1. The Morgan fingerprint density at radius 3 is 2.81 bits per heavy atom. The van der Waals surface area contributed by atoms with Gasteiger partial charge in [0.2, 0.25) is 5.89 Å². The summed E-state index contributed by atoms with van der Waals surface area (Å²) in [7, 11) is 0. The monoisotopic (exact) mass is 284 g/mol. The predicted molar refractivity (Wildman–Crippen MR) is 82.7 cm³/mol. The third kappa shape index (κ3) is 3.62. The lowest BCUT2D eigenvalue weighted by molar-refractivity contribution is 0.572. The van der Waals surface area contributed by atoms with Gasteiger partial charge in [0, 0.05) is 11.6 Å². The van der Waals surface area contributed by atoms with Crippen LogP contribution in [0.5, 0.6) is 0 Å². The highest BCUT2D eigenvalue weighted by Crippen LogP contribution is 2.19. The van der Waals surface area contributed by atoms with Crippen molar-refractivity contribution in [2.45, 2.75) is 38.3 Å². The van der Waals surface area contributed by atoms with E-state index in [0.717, 1.165) is 11.3 Å². The molecule has 1 saturated carbocycles. The van der Waals surface area contributed by atoms with E-state index in [0.29, 0.717) is 24.4 Å². The van der Waals surface area contributed by atoms with E-state index in [2.05, 4.69) is 15.3 Å². The molecule has 0 aliphatic heterocycles. The molecule has 2 aromatic rings. The van der Waals surface area contributed by atoms with Gasteiger partial charge in [-0.1, -0.05) is 31.0 Å². The summed E-state index contributed by atoms with van der Waals surface area (Å²) in [6.07, 6.45) is 6.54. The molecule has 1 heterocycles. The number of rotatable bonds is 4. The first-order valence-electron chi connectivity index (χ1n) is 7.37. The second kappa shape index (κ2) is 6.43. The van der Waals surface area contributed by atoms with Gasteiger partial charge in [0.05, 0.1) is 6.54 Å². The summed E-state index contributed by atoms with van der Waals surface area (Å²) in [6, 6.07) is 10.3. The van der Waals surface area contributed by atoms with Gasteiger partial charge in [-0.3, -0.25) is 0 Å². The maximum Gasteiger partial charge on any atom is 0.226 e. The van der Waals surface area contributed by atoms with E-state index in [-0.39, 0.29) is 0 Å². The van der Waals surface area contributed by atoms with Crippen molar-refractivity contribution in [3.8, 4) is 11.5 Å². The Morgan fingerprint density at radius 1 is 1.29 bits per heavy atom. The summed E-state index contributed by atoms with van der Waals surface area (Å²) in [5.41, 5.74) is 7.64. The van der Waals surface area contributed by atoms with E-state index >= 15 is 0 Å². The molecule has 5 nitrogen and oxygen atoms in total. The average molecular weight is 284 g/mol. The van der Waals surface area contributed by atoms with Crippen molar-refractivity contribution in [3.63, 3.8) is 0 Å². The van der Waals surface area contributed by atoms with Crippen LogP contribution in [0.3, 0.4) is 0 Å². The molecule has 0 radical (unpaired) electrons. The van der Waals surface area contributed by atoms with Crippen LogP contribution in [0, 0.1) is 0 Å². The van der Waals surface area contributed by atoms with Crippen LogP contribution in [-0.2, 0) is 6.54 Å². The first-order chi connectivity index (χ1) is 10.3. The summed E-state index contributed by atoms with van der Waals surface area (Å²) >= 11 is 0. The maximum atomic E-state index is 5.90. The molecular weight excluding hydrogens is 264 g/mol. The van der Waals surface area contributed by atoms with Crippen molar-refractivity contribution in [1.82, 2.24) is 10.3 Å². The number of hydrogen-bond donors (Lipinski definition) is 2. The molecule has 21 heavy (non-hydrogen) atoms. The first-order valence-corrected chi connectivity index (χ1v) is 7.37. The minimum absolute atomic E-state index is 0.432. The molecule has 0 bridgehead atoms. The molecule has 110 valence electrons. The minimum atomic E-state index is 0.432. The van der Waals surface area contributed by atoms with Gasteiger partial charge in [-0.25, -0.2) is 9.98 Å². The van der Waals surface area contributed by atoms with Crippen LogP contribution >= 0.6 is 0 Å². The van der Waals surface area contributed by atoms with E-state index in [1.54, 1.807) is 6.26 Å². The maximum absolute atomic E-state index is 5.90. The van der Waals surface area contributed by atoms with Crippen LogP contribution < -0.4 is 11.1 Å². The fourth-order valence-electron chi connectivity index (χ4n) is 2.58. The highest BCUT2D eigenvalue weighted by atomic mass is 16.3. The first kappa shape index (κ1) is 13.7. The molecule has 0 saturated heterocycles. The lowest BCUT2D eigenvalue weighted by atomic mass is 10.2. The van der Waals surface area contributed by atoms with Crippen molar-refractivity contribution < 1.29 is 4.42 Å². The Morgan fingerprint density at radius 2 is 2.05 bits per heavy atom. The van der Waals surface area contributed by atoms with Crippen LogP contribution in [0.15, 0.2) is 46.0 Å². The van der Waals surface area contributed by atoms with Crippen LogP contribution in [0.4, 0.5) is 0 Å². The molecule has 0 spiro atoms. The zero-order chi connectivity index (χ0) is 14.5. The minimum Gasteiger partial charge on any atom is -0.444 e. The van der Waals surface area contributed by atoms with Crippen molar-refractivity contribution in [2.75, 3.05) is 0 Å². The zero-order valence-electron chi connectivity index (χ0n) is 12.0.